The summed E-state index contributed by atoms with van der Waals surface area (Å²) in [5, 5.41) is 11.2. The van der Waals surface area contributed by atoms with E-state index in [9.17, 15) is 10.1 Å². The number of halogens is 1. The number of nitro benzene ring substituents is 1. The van der Waals surface area contributed by atoms with Crippen LogP contribution in [0.1, 0.15) is 26.7 Å². The number of nitro groups is 1. The first-order valence-corrected chi connectivity index (χ1v) is 6.59. The Morgan fingerprint density at radius 2 is 2.22 bits per heavy atom. The lowest BCUT2D eigenvalue weighted by molar-refractivity contribution is -0.384. The molecule has 5 heteroatoms. The summed E-state index contributed by atoms with van der Waals surface area (Å²) in [7, 11) is 0. The van der Waals surface area contributed by atoms with Gasteiger partial charge >= 0.3 is 0 Å². The van der Waals surface area contributed by atoms with Crippen molar-refractivity contribution in [2.24, 2.45) is 5.92 Å². The van der Waals surface area contributed by atoms with E-state index in [1.54, 1.807) is 6.07 Å². The molecule has 1 aromatic rings. The average molecular weight is 269 g/mol. The first-order valence-electron chi connectivity index (χ1n) is 6.21. The van der Waals surface area contributed by atoms with E-state index in [4.69, 9.17) is 11.6 Å². The molecule has 0 amide bonds. The largest absolute Gasteiger partial charge is 0.367 e. The summed E-state index contributed by atoms with van der Waals surface area (Å²) in [4.78, 5) is 12.5. The number of anilines is 1. The second-order valence-electron chi connectivity index (χ2n) is 5.04. The van der Waals surface area contributed by atoms with Crippen molar-refractivity contribution in [3.63, 3.8) is 0 Å². The molecular weight excluding hydrogens is 252 g/mol. The second-order valence-corrected chi connectivity index (χ2v) is 5.45. The van der Waals surface area contributed by atoms with Crippen LogP contribution in [0.5, 0.6) is 0 Å². The highest BCUT2D eigenvalue weighted by molar-refractivity contribution is 6.33. The zero-order valence-electron chi connectivity index (χ0n) is 10.6. The van der Waals surface area contributed by atoms with Crippen molar-refractivity contribution < 1.29 is 4.92 Å². The van der Waals surface area contributed by atoms with Crippen molar-refractivity contribution in [1.29, 1.82) is 0 Å². The molecule has 98 valence electrons. The van der Waals surface area contributed by atoms with Crippen LogP contribution in [0.2, 0.25) is 5.02 Å². The maximum atomic E-state index is 10.7. The molecule has 0 spiro atoms. The van der Waals surface area contributed by atoms with E-state index in [0.717, 1.165) is 25.1 Å². The number of rotatable bonds is 3. The van der Waals surface area contributed by atoms with Crippen molar-refractivity contribution >= 4 is 23.0 Å². The topological polar surface area (TPSA) is 46.4 Å². The predicted octanol–water partition coefficient (Wildman–Crippen LogP) is 3.87. The highest BCUT2D eigenvalue weighted by atomic mass is 35.5. The maximum Gasteiger partial charge on any atom is 0.271 e. The Morgan fingerprint density at radius 1 is 1.50 bits per heavy atom. The normalized spacial score (nSPS) is 19.6. The van der Waals surface area contributed by atoms with E-state index in [2.05, 4.69) is 18.7 Å². The third kappa shape index (κ3) is 2.43. The Balaban J connectivity index is 2.31. The van der Waals surface area contributed by atoms with Crippen LogP contribution in [0.25, 0.3) is 0 Å². The number of non-ortho nitro benzene ring substituents is 1. The van der Waals surface area contributed by atoms with Gasteiger partial charge in [-0.15, -0.1) is 0 Å². The van der Waals surface area contributed by atoms with Crippen LogP contribution in [0, 0.1) is 16.0 Å². The van der Waals surface area contributed by atoms with Gasteiger partial charge in [-0.2, -0.15) is 0 Å². The molecule has 1 saturated heterocycles. The first-order chi connectivity index (χ1) is 8.50. The van der Waals surface area contributed by atoms with Gasteiger partial charge < -0.3 is 4.90 Å². The highest BCUT2D eigenvalue weighted by Crippen LogP contribution is 2.36. The zero-order chi connectivity index (χ0) is 13.3. The average Bonchev–Trinajstić information content (AvgIpc) is 2.77. The van der Waals surface area contributed by atoms with Crippen LogP contribution in [0.4, 0.5) is 11.4 Å². The van der Waals surface area contributed by atoms with Crippen LogP contribution >= 0.6 is 11.6 Å². The van der Waals surface area contributed by atoms with Gasteiger partial charge in [0, 0.05) is 24.7 Å². The molecule has 1 fully saturated rings. The third-order valence-corrected chi connectivity index (χ3v) is 3.82. The van der Waals surface area contributed by atoms with Gasteiger partial charge in [0.15, 0.2) is 0 Å². The van der Waals surface area contributed by atoms with Gasteiger partial charge in [-0.25, -0.2) is 0 Å². The van der Waals surface area contributed by atoms with Gasteiger partial charge in [-0.3, -0.25) is 10.1 Å². The minimum absolute atomic E-state index is 0.0454. The number of hydrogen-bond acceptors (Lipinski definition) is 3. The SMILES string of the molecule is CC(C)[C@@H]1CCCN1c1ccc([N+](=O)[O-])cc1Cl. The lowest BCUT2D eigenvalue weighted by Crippen LogP contribution is -2.33. The van der Waals surface area contributed by atoms with Gasteiger partial charge in [-0.05, 0) is 24.8 Å². The molecule has 0 radical (unpaired) electrons. The quantitative estimate of drug-likeness (QED) is 0.617. The third-order valence-electron chi connectivity index (χ3n) is 3.52. The summed E-state index contributed by atoms with van der Waals surface area (Å²) < 4.78 is 0. The van der Waals surface area contributed by atoms with Crippen LogP contribution in [0.15, 0.2) is 18.2 Å². The van der Waals surface area contributed by atoms with Crippen LogP contribution < -0.4 is 4.90 Å². The molecule has 1 aliphatic heterocycles. The van der Waals surface area contributed by atoms with Gasteiger partial charge in [0.05, 0.1) is 15.6 Å². The van der Waals surface area contributed by atoms with Gasteiger partial charge in [0.2, 0.25) is 0 Å². The maximum absolute atomic E-state index is 10.7. The monoisotopic (exact) mass is 268 g/mol. The number of nitrogens with zero attached hydrogens (tertiary/aromatic N) is 2. The Labute approximate surface area is 112 Å². The molecule has 0 bridgehead atoms. The molecule has 1 heterocycles. The molecule has 0 N–H and O–H groups in total. The molecule has 0 saturated carbocycles. The van der Waals surface area contributed by atoms with E-state index in [-0.39, 0.29) is 5.69 Å². The number of hydrogen-bond donors (Lipinski definition) is 0. The fourth-order valence-corrected chi connectivity index (χ4v) is 2.91. The minimum atomic E-state index is -0.417. The Hall–Kier alpha value is -1.29. The fourth-order valence-electron chi connectivity index (χ4n) is 2.63. The van der Waals surface area contributed by atoms with E-state index in [1.165, 1.54) is 12.1 Å². The molecule has 0 aromatic heterocycles. The van der Waals surface area contributed by atoms with E-state index >= 15 is 0 Å². The van der Waals surface area contributed by atoms with Crippen LogP contribution in [0.3, 0.4) is 0 Å². The summed E-state index contributed by atoms with van der Waals surface area (Å²) >= 11 is 6.18. The van der Waals surface area contributed by atoms with Gasteiger partial charge in [0.25, 0.3) is 5.69 Å². The molecule has 1 atom stereocenters. The van der Waals surface area contributed by atoms with Crippen LogP contribution in [-0.4, -0.2) is 17.5 Å². The molecule has 0 aliphatic carbocycles. The molecule has 0 unspecified atom stereocenters. The number of benzene rings is 1. The van der Waals surface area contributed by atoms with Crippen molar-refractivity contribution in [2.75, 3.05) is 11.4 Å². The van der Waals surface area contributed by atoms with Crippen molar-refractivity contribution in [1.82, 2.24) is 0 Å². The van der Waals surface area contributed by atoms with Gasteiger partial charge in [0.1, 0.15) is 0 Å². The Morgan fingerprint density at radius 3 is 2.78 bits per heavy atom. The summed E-state index contributed by atoms with van der Waals surface area (Å²) in [5.41, 5.74) is 0.961. The first kappa shape index (κ1) is 13.1. The minimum Gasteiger partial charge on any atom is -0.367 e. The molecular formula is C13H17ClN2O2. The predicted molar refractivity (Wildman–Crippen MR) is 73.3 cm³/mol. The van der Waals surface area contributed by atoms with E-state index in [0.29, 0.717) is 17.0 Å². The second kappa shape index (κ2) is 5.14. The standard InChI is InChI=1S/C13H17ClN2O2/c1-9(2)12-4-3-7-15(12)13-6-5-10(16(17)18)8-11(13)14/h5-6,8-9,12H,3-4,7H2,1-2H3/t12-/m0/s1. The van der Waals surface area contributed by atoms with Crippen molar-refractivity contribution in [3.8, 4) is 0 Å². The lowest BCUT2D eigenvalue weighted by atomic mass is 10.0. The van der Waals surface area contributed by atoms with Crippen molar-refractivity contribution in [3.05, 3.63) is 33.3 Å². The lowest BCUT2D eigenvalue weighted by Gasteiger charge is -2.30. The van der Waals surface area contributed by atoms with Gasteiger partial charge in [-0.1, -0.05) is 25.4 Å². The highest BCUT2D eigenvalue weighted by Gasteiger charge is 2.28. The van der Waals surface area contributed by atoms with Crippen molar-refractivity contribution in [2.45, 2.75) is 32.7 Å². The smallest absolute Gasteiger partial charge is 0.271 e. The molecule has 18 heavy (non-hydrogen) atoms. The molecule has 4 nitrogen and oxygen atoms in total. The van der Waals surface area contributed by atoms with Crippen LogP contribution in [-0.2, 0) is 0 Å². The zero-order valence-corrected chi connectivity index (χ0v) is 11.4. The van der Waals surface area contributed by atoms with E-state index in [1.807, 2.05) is 0 Å². The summed E-state index contributed by atoms with van der Waals surface area (Å²) in [5.74, 6) is 0.554. The Bertz CT molecular complexity index is 462. The van der Waals surface area contributed by atoms with E-state index < -0.39 is 4.92 Å². The summed E-state index contributed by atoms with van der Waals surface area (Å²) in [6.07, 6.45) is 2.31. The fraction of sp³-hybridized carbons (Fsp3) is 0.538. The summed E-state index contributed by atoms with van der Waals surface area (Å²) in [6, 6.07) is 5.20. The Kier molecular flexibility index (Phi) is 3.76. The molecule has 1 aliphatic rings. The molecule has 2 rings (SSSR count). The molecule has 1 aromatic carbocycles. The summed E-state index contributed by atoms with van der Waals surface area (Å²) in [6.45, 7) is 5.37.